The summed E-state index contributed by atoms with van der Waals surface area (Å²) in [6.45, 7) is 0.619. The van der Waals surface area contributed by atoms with Gasteiger partial charge in [0.1, 0.15) is 5.82 Å². The van der Waals surface area contributed by atoms with Crippen molar-refractivity contribution in [1.29, 1.82) is 0 Å². The number of rotatable bonds is 2. The molecule has 1 N–H and O–H groups in total. The van der Waals surface area contributed by atoms with E-state index in [-0.39, 0.29) is 23.4 Å². The molecule has 1 saturated carbocycles. The molecule has 1 aliphatic heterocycles. The van der Waals surface area contributed by atoms with Gasteiger partial charge in [-0.3, -0.25) is 0 Å². The molecule has 0 bridgehead atoms. The van der Waals surface area contributed by atoms with Gasteiger partial charge in [0, 0.05) is 18.6 Å². The van der Waals surface area contributed by atoms with Gasteiger partial charge in [-0.05, 0) is 25.3 Å². The van der Waals surface area contributed by atoms with E-state index in [4.69, 9.17) is 9.57 Å². The van der Waals surface area contributed by atoms with E-state index in [9.17, 15) is 4.39 Å². The lowest BCUT2D eigenvalue weighted by atomic mass is 9.69. The average Bonchev–Trinajstić information content (AvgIpc) is 2.82. The maximum absolute atomic E-state index is 14.1. The third kappa shape index (κ3) is 1.76. The summed E-state index contributed by atoms with van der Waals surface area (Å²) in [5.41, 5.74) is 3.43. The van der Waals surface area contributed by atoms with Crippen molar-refractivity contribution in [3.63, 3.8) is 0 Å². The van der Waals surface area contributed by atoms with Gasteiger partial charge in [-0.15, -0.1) is 0 Å². The van der Waals surface area contributed by atoms with E-state index < -0.39 is 0 Å². The summed E-state index contributed by atoms with van der Waals surface area (Å²) in [7, 11) is 1.74. The molecule has 3 rings (SSSR count). The number of hydroxylamine groups is 1. The Balaban J connectivity index is 1.96. The van der Waals surface area contributed by atoms with Gasteiger partial charge in [0.2, 0.25) is 0 Å². The molecule has 0 spiro atoms. The van der Waals surface area contributed by atoms with Crippen molar-refractivity contribution in [3.8, 4) is 0 Å². The lowest BCUT2D eigenvalue weighted by Gasteiger charge is -2.40. The zero-order valence-electron chi connectivity index (χ0n) is 10.5. The van der Waals surface area contributed by atoms with Crippen molar-refractivity contribution in [3.05, 3.63) is 35.6 Å². The van der Waals surface area contributed by atoms with Crippen LogP contribution in [0.25, 0.3) is 0 Å². The number of nitrogens with one attached hydrogen (secondary N) is 1. The van der Waals surface area contributed by atoms with Crippen molar-refractivity contribution in [2.24, 2.45) is 5.92 Å². The molecular weight excluding hydrogens is 233 g/mol. The van der Waals surface area contributed by atoms with Crippen LogP contribution in [0.15, 0.2) is 24.3 Å². The summed E-state index contributed by atoms with van der Waals surface area (Å²) < 4.78 is 19.5. The second kappa shape index (κ2) is 4.61. The largest absolute Gasteiger partial charge is 0.381 e. The summed E-state index contributed by atoms with van der Waals surface area (Å²) in [5, 5.41) is 0. The van der Waals surface area contributed by atoms with Gasteiger partial charge in [0.15, 0.2) is 0 Å². The summed E-state index contributed by atoms with van der Waals surface area (Å²) in [6, 6.07) is 6.98. The molecule has 2 unspecified atom stereocenters. The van der Waals surface area contributed by atoms with E-state index in [1.54, 1.807) is 13.2 Å². The molecule has 1 aliphatic carbocycles. The monoisotopic (exact) mass is 251 g/mol. The second-order valence-electron chi connectivity index (χ2n) is 5.19. The third-order valence-corrected chi connectivity index (χ3v) is 4.33. The molecule has 0 radical (unpaired) electrons. The number of fused-ring (bicyclic) bond motifs is 1. The highest BCUT2D eigenvalue weighted by molar-refractivity contribution is 5.29. The van der Waals surface area contributed by atoms with E-state index >= 15 is 0 Å². The minimum Gasteiger partial charge on any atom is -0.381 e. The van der Waals surface area contributed by atoms with Gasteiger partial charge in [-0.2, -0.15) is 5.48 Å². The molecule has 1 aromatic carbocycles. The number of ether oxygens (including phenoxy) is 1. The van der Waals surface area contributed by atoms with Gasteiger partial charge in [0.25, 0.3) is 0 Å². The Morgan fingerprint density at radius 3 is 3.06 bits per heavy atom. The fraction of sp³-hybridized carbons (Fsp3) is 0.571. The Morgan fingerprint density at radius 1 is 1.44 bits per heavy atom. The first-order valence-corrected chi connectivity index (χ1v) is 6.43. The van der Waals surface area contributed by atoms with Crippen LogP contribution in [0.4, 0.5) is 4.39 Å². The van der Waals surface area contributed by atoms with Crippen molar-refractivity contribution >= 4 is 0 Å². The lowest BCUT2D eigenvalue weighted by molar-refractivity contribution is 0.0126. The average molecular weight is 251 g/mol. The van der Waals surface area contributed by atoms with E-state index in [1.807, 2.05) is 12.1 Å². The molecule has 0 aromatic heterocycles. The van der Waals surface area contributed by atoms with Crippen LogP contribution in [0.1, 0.15) is 24.8 Å². The summed E-state index contributed by atoms with van der Waals surface area (Å²) >= 11 is 0. The molecular formula is C14H18FNO2. The Labute approximate surface area is 106 Å². The number of benzene rings is 1. The van der Waals surface area contributed by atoms with Crippen LogP contribution in [-0.2, 0) is 15.1 Å². The third-order valence-electron chi connectivity index (χ3n) is 4.33. The lowest BCUT2D eigenvalue weighted by Crippen LogP contribution is -2.47. The highest BCUT2D eigenvalue weighted by Crippen LogP contribution is 2.46. The van der Waals surface area contributed by atoms with Crippen LogP contribution in [-0.4, -0.2) is 19.8 Å². The van der Waals surface area contributed by atoms with Crippen molar-refractivity contribution in [2.75, 3.05) is 13.7 Å². The quantitative estimate of drug-likeness (QED) is 0.875. The van der Waals surface area contributed by atoms with Gasteiger partial charge < -0.3 is 9.57 Å². The molecule has 98 valence electrons. The summed E-state index contributed by atoms with van der Waals surface area (Å²) in [5.74, 6) is 0.115. The van der Waals surface area contributed by atoms with Crippen LogP contribution in [0, 0.1) is 11.7 Å². The maximum Gasteiger partial charge on any atom is 0.128 e. The highest BCUT2D eigenvalue weighted by atomic mass is 19.1. The minimum atomic E-state index is -0.375. The first kappa shape index (κ1) is 12.1. The second-order valence-corrected chi connectivity index (χ2v) is 5.19. The fourth-order valence-electron chi connectivity index (χ4n) is 3.29. The van der Waals surface area contributed by atoms with Gasteiger partial charge in [-0.25, -0.2) is 4.39 Å². The van der Waals surface area contributed by atoms with E-state index in [1.165, 1.54) is 6.07 Å². The fourth-order valence-corrected chi connectivity index (χ4v) is 3.29. The molecule has 3 atom stereocenters. The Morgan fingerprint density at radius 2 is 2.28 bits per heavy atom. The minimum absolute atomic E-state index is 0.156. The number of halogens is 1. The zero-order chi connectivity index (χ0) is 12.6. The molecule has 2 fully saturated rings. The summed E-state index contributed by atoms with van der Waals surface area (Å²) in [6.07, 6.45) is 2.95. The zero-order valence-corrected chi connectivity index (χ0v) is 10.5. The molecule has 1 heterocycles. The van der Waals surface area contributed by atoms with Crippen molar-refractivity contribution in [2.45, 2.75) is 30.9 Å². The van der Waals surface area contributed by atoms with E-state index in [2.05, 4.69) is 5.48 Å². The maximum atomic E-state index is 14.1. The van der Waals surface area contributed by atoms with Crippen LogP contribution in [0.3, 0.4) is 0 Å². The predicted molar refractivity (Wildman–Crippen MR) is 65.3 cm³/mol. The van der Waals surface area contributed by atoms with Gasteiger partial charge >= 0.3 is 0 Å². The Hall–Kier alpha value is -0.970. The SMILES string of the molecule is COC1CCC2(c3ccccc3F)NOC[C@@H]2C1. The molecule has 4 heteroatoms. The first-order valence-electron chi connectivity index (χ1n) is 6.43. The van der Waals surface area contributed by atoms with E-state index in [0.29, 0.717) is 6.61 Å². The van der Waals surface area contributed by atoms with Gasteiger partial charge in [0.05, 0.1) is 18.2 Å². The highest BCUT2D eigenvalue weighted by Gasteiger charge is 2.50. The number of hydrogen-bond acceptors (Lipinski definition) is 3. The van der Waals surface area contributed by atoms with Crippen molar-refractivity contribution in [1.82, 2.24) is 5.48 Å². The van der Waals surface area contributed by atoms with Crippen molar-refractivity contribution < 1.29 is 14.0 Å². The summed E-state index contributed by atoms with van der Waals surface area (Å²) in [4.78, 5) is 5.42. The van der Waals surface area contributed by atoms with Gasteiger partial charge in [-0.1, -0.05) is 18.2 Å². The topological polar surface area (TPSA) is 30.5 Å². The molecule has 18 heavy (non-hydrogen) atoms. The first-order chi connectivity index (χ1) is 8.76. The Kier molecular flexibility index (Phi) is 3.09. The standard InChI is InChI=1S/C14H18FNO2/c1-17-11-6-7-14(10(8-11)9-18-16-14)12-4-2-3-5-13(12)15/h2-5,10-11,16H,6-9H2,1H3/t10-,11?,14?/m0/s1. The normalized spacial score (nSPS) is 35.4. The molecule has 1 aromatic rings. The molecule has 2 aliphatic rings. The molecule has 0 amide bonds. The molecule has 3 nitrogen and oxygen atoms in total. The number of hydrogen-bond donors (Lipinski definition) is 1. The predicted octanol–water partition coefficient (Wildman–Crippen LogP) is 2.37. The number of methoxy groups -OCH3 is 1. The van der Waals surface area contributed by atoms with Crippen LogP contribution in [0.5, 0.6) is 0 Å². The Bertz CT molecular complexity index is 440. The molecule has 1 saturated heterocycles. The van der Waals surface area contributed by atoms with Crippen LogP contribution < -0.4 is 5.48 Å². The van der Waals surface area contributed by atoms with Crippen LogP contribution in [0.2, 0.25) is 0 Å². The van der Waals surface area contributed by atoms with E-state index in [0.717, 1.165) is 24.8 Å². The smallest absolute Gasteiger partial charge is 0.128 e. The van der Waals surface area contributed by atoms with Crippen LogP contribution >= 0.6 is 0 Å².